The smallest absolute Gasteiger partial charge is 0.227 e. The molecule has 27 heavy (non-hydrogen) atoms. The van der Waals surface area contributed by atoms with Crippen molar-refractivity contribution in [3.05, 3.63) is 76.6 Å². The number of aromatic nitrogens is 2. The molecular weight excluding hydrogens is 362 g/mol. The Labute approximate surface area is 163 Å². The van der Waals surface area contributed by atoms with Crippen LogP contribution in [0.2, 0.25) is 5.28 Å². The van der Waals surface area contributed by atoms with E-state index in [4.69, 9.17) is 21.1 Å². The summed E-state index contributed by atoms with van der Waals surface area (Å²) in [5.41, 5.74) is 3.23. The minimum absolute atomic E-state index is 0.193. The average Bonchev–Trinajstić information content (AvgIpc) is 2.71. The molecule has 0 aliphatic carbocycles. The van der Waals surface area contributed by atoms with Gasteiger partial charge in [-0.15, -0.1) is 0 Å². The van der Waals surface area contributed by atoms with Crippen LogP contribution < -0.4 is 14.8 Å². The molecule has 3 aromatic rings. The molecule has 1 aromatic heterocycles. The lowest BCUT2D eigenvalue weighted by Gasteiger charge is -2.19. The molecule has 2 aromatic carbocycles. The van der Waals surface area contributed by atoms with E-state index in [-0.39, 0.29) is 5.28 Å². The molecule has 0 amide bonds. The lowest BCUT2D eigenvalue weighted by molar-refractivity contribution is 0.276. The summed E-state index contributed by atoms with van der Waals surface area (Å²) in [5.74, 6) is 2.16. The van der Waals surface area contributed by atoms with E-state index in [2.05, 4.69) is 27.4 Å². The summed E-state index contributed by atoms with van der Waals surface area (Å²) in [6.45, 7) is 1.83. The maximum atomic E-state index is 6.03. The summed E-state index contributed by atoms with van der Waals surface area (Å²) in [6, 6.07) is 18.2. The van der Waals surface area contributed by atoms with Gasteiger partial charge < -0.3 is 14.8 Å². The number of nitrogens with zero attached hydrogens (tertiary/aromatic N) is 2. The van der Waals surface area contributed by atoms with Gasteiger partial charge >= 0.3 is 0 Å². The zero-order valence-electron chi connectivity index (χ0n) is 14.8. The fourth-order valence-corrected chi connectivity index (χ4v) is 3.18. The van der Waals surface area contributed by atoms with E-state index in [0.29, 0.717) is 25.6 Å². The maximum Gasteiger partial charge on any atom is 0.227 e. The highest BCUT2D eigenvalue weighted by Gasteiger charge is 2.18. The predicted molar refractivity (Wildman–Crippen MR) is 105 cm³/mol. The van der Waals surface area contributed by atoms with Gasteiger partial charge in [-0.05, 0) is 47.7 Å². The van der Waals surface area contributed by atoms with Crippen LogP contribution in [-0.4, -0.2) is 16.6 Å². The van der Waals surface area contributed by atoms with Gasteiger partial charge in [0.1, 0.15) is 18.2 Å². The van der Waals surface area contributed by atoms with Gasteiger partial charge in [0.2, 0.25) is 11.2 Å². The molecule has 0 saturated carbocycles. The fourth-order valence-electron chi connectivity index (χ4n) is 3.02. The zero-order valence-corrected chi connectivity index (χ0v) is 15.6. The first-order valence-corrected chi connectivity index (χ1v) is 9.34. The molecule has 5 nitrogen and oxygen atoms in total. The number of halogens is 1. The topological polar surface area (TPSA) is 56.3 Å². The predicted octanol–water partition coefficient (Wildman–Crippen LogP) is 4.65. The Bertz CT molecular complexity index is 919. The summed E-state index contributed by atoms with van der Waals surface area (Å²) < 4.78 is 11.5. The minimum atomic E-state index is 0.193. The molecule has 6 heteroatoms. The van der Waals surface area contributed by atoms with E-state index in [1.54, 1.807) is 0 Å². The second kappa shape index (κ2) is 8.27. The molecule has 0 unspecified atom stereocenters. The van der Waals surface area contributed by atoms with Crippen molar-refractivity contribution in [2.24, 2.45) is 0 Å². The van der Waals surface area contributed by atoms with E-state index in [1.165, 1.54) is 0 Å². The molecule has 1 aliphatic rings. The van der Waals surface area contributed by atoms with Gasteiger partial charge in [-0.25, -0.2) is 4.98 Å². The van der Waals surface area contributed by atoms with Gasteiger partial charge in [0.25, 0.3) is 0 Å². The third kappa shape index (κ3) is 4.49. The first kappa shape index (κ1) is 17.6. The third-order valence-corrected chi connectivity index (χ3v) is 4.53. The molecule has 0 atom stereocenters. The highest BCUT2D eigenvalue weighted by molar-refractivity contribution is 6.28. The van der Waals surface area contributed by atoms with Crippen LogP contribution in [0.25, 0.3) is 0 Å². The van der Waals surface area contributed by atoms with Crippen molar-refractivity contribution in [1.29, 1.82) is 0 Å². The molecule has 0 bridgehead atoms. The van der Waals surface area contributed by atoms with Crippen LogP contribution in [0.4, 0.5) is 5.82 Å². The zero-order chi connectivity index (χ0) is 18.5. The molecule has 0 radical (unpaired) electrons. The molecular formula is C21H20ClN3O2. The van der Waals surface area contributed by atoms with E-state index < -0.39 is 0 Å². The number of anilines is 1. The molecule has 4 rings (SSSR count). The summed E-state index contributed by atoms with van der Waals surface area (Å²) in [6.07, 6.45) is 1.84. The van der Waals surface area contributed by atoms with Crippen molar-refractivity contribution < 1.29 is 9.47 Å². The standard InChI is InChI=1S/C21H20ClN3O2/c22-21-24-19(18-10-5-11-26-20(18)25-21)23-13-16-8-4-9-17(12-16)27-14-15-6-2-1-3-7-15/h1-4,6-9,12H,5,10-11,13-14H2,(H,23,24,25). The van der Waals surface area contributed by atoms with Crippen LogP contribution in [0.1, 0.15) is 23.1 Å². The van der Waals surface area contributed by atoms with E-state index >= 15 is 0 Å². The van der Waals surface area contributed by atoms with E-state index in [9.17, 15) is 0 Å². The van der Waals surface area contributed by atoms with Crippen LogP contribution in [-0.2, 0) is 19.6 Å². The van der Waals surface area contributed by atoms with Crippen molar-refractivity contribution in [2.75, 3.05) is 11.9 Å². The molecule has 138 valence electrons. The summed E-state index contributed by atoms with van der Waals surface area (Å²) in [7, 11) is 0. The maximum absolute atomic E-state index is 6.03. The first-order chi connectivity index (χ1) is 13.3. The average molecular weight is 382 g/mol. The Morgan fingerprint density at radius 3 is 2.78 bits per heavy atom. The van der Waals surface area contributed by atoms with Crippen molar-refractivity contribution in [3.63, 3.8) is 0 Å². The molecule has 0 saturated heterocycles. The van der Waals surface area contributed by atoms with Crippen molar-refractivity contribution >= 4 is 17.4 Å². The number of hydrogen-bond donors (Lipinski definition) is 1. The van der Waals surface area contributed by atoms with Gasteiger partial charge in [-0.3, -0.25) is 0 Å². The fraction of sp³-hybridized carbons (Fsp3) is 0.238. The Morgan fingerprint density at radius 2 is 1.89 bits per heavy atom. The molecule has 0 fully saturated rings. The largest absolute Gasteiger partial charge is 0.489 e. The monoisotopic (exact) mass is 381 g/mol. The number of benzene rings is 2. The SMILES string of the molecule is Clc1nc(NCc2cccc(OCc3ccccc3)c2)c2c(n1)OCCC2. The Balaban J connectivity index is 1.42. The molecule has 2 heterocycles. The summed E-state index contributed by atoms with van der Waals surface area (Å²) >= 11 is 6.03. The quantitative estimate of drug-likeness (QED) is 0.630. The number of hydrogen-bond acceptors (Lipinski definition) is 5. The van der Waals surface area contributed by atoms with Gasteiger partial charge in [0, 0.05) is 6.54 Å². The van der Waals surface area contributed by atoms with Crippen molar-refractivity contribution in [2.45, 2.75) is 26.0 Å². The van der Waals surface area contributed by atoms with Crippen LogP contribution in [0, 0.1) is 0 Å². The summed E-state index contributed by atoms with van der Waals surface area (Å²) in [5, 5.41) is 3.55. The lowest BCUT2D eigenvalue weighted by Crippen LogP contribution is -2.14. The normalized spacial score (nSPS) is 12.8. The minimum Gasteiger partial charge on any atom is -0.489 e. The number of nitrogens with one attached hydrogen (secondary N) is 1. The molecule has 1 aliphatic heterocycles. The van der Waals surface area contributed by atoms with Crippen LogP contribution in [0.15, 0.2) is 54.6 Å². The van der Waals surface area contributed by atoms with Gasteiger partial charge in [-0.2, -0.15) is 4.98 Å². The number of rotatable bonds is 6. The third-order valence-electron chi connectivity index (χ3n) is 4.36. The van der Waals surface area contributed by atoms with Gasteiger partial charge in [0.05, 0.1) is 12.2 Å². The Kier molecular flexibility index (Phi) is 5.39. The van der Waals surface area contributed by atoms with Crippen molar-refractivity contribution in [3.8, 4) is 11.6 Å². The van der Waals surface area contributed by atoms with Gasteiger partial charge in [0.15, 0.2) is 0 Å². The molecule has 1 N–H and O–H groups in total. The van der Waals surface area contributed by atoms with Crippen LogP contribution in [0.3, 0.4) is 0 Å². The first-order valence-electron chi connectivity index (χ1n) is 8.97. The van der Waals surface area contributed by atoms with E-state index in [1.807, 2.05) is 42.5 Å². The van der Waals surface area contributed by atoms with E-state index in [0.717, 1.165) is 41.1 Å². The molecule has 0 spiro atoms. The second-order valence-corrected chi connectivity index (χ2v) is 6.69. The Morgan fingerprint density at radius 1 is 1.04 bits per heavy atom. The highest BCUT2D eigenvalue weighted by Crippen LogP contribution is 2.30. The lowest BCUT2D eigenvalue weighted by atomic mass is 10.1. The number of fused-ring (bicyclic) bond motifs is 1. The van der Waals surface area contributed by atoms with Gasteiger partial charge in [-0.1, -0.05) is 42.5 Å². The van der Waals surface area contributed by atoms with Crippen molar-refractivity contribution in [1.82, 2.24) is 9.97 Å². The Hall–Kier alpha value is -2.79. The summed E-state index contributed by atoms with van der Waals surface area (Å²) in [4.78, 5) is 8.50. The number of ether oxygens (including phenoxy) is 2. The second-order valence-electron chi connectivity index (χ2n) is 6.35. The van der Waals surface area contributed by atoms with Crippen LogP contribution >= 0.6 is 11.6 Å². The highest BCUT2D eigenvalue weighted by atomic mass is 35.5. The van der Waals surface area contributed by atoms with Crippen LogP contribution in [0.5, 0.6) is 11.6 Å².